The van der Waals surface area contributed by atoms with Crippen molar-refractivity contribution >= 4 is 61.7 Å². The fourth-order valence-electron chi connectivity index (χ4n) is 0. The predicted octanol–water partition coefficient (Wildman–Crippen LogP) is 0.232. The van der Waals surface area contributed by atoms with E-state index in [9.17, 15) is 0 Å². The van der Waals surface area contributed by atoms with Crippen molar-refractivity contribution in [1.29, 1.82) is 0 Å². The minimum atomic E-state index is 0. The molecule has 0 unspecified atom stereocenters. The molecule has 0 nitrogen and oxygen atoms in total. The van der Waals surface area contributed by atoms with Crippen LogP contribution in [0.1, 0.15) is 0 Å². The quantitative estimate of drug-likeness (QED) is 0.442. The van der Waals surface area contributed by atoms with Crippen LogP contribution in [-0.4, -0.2) is 37.7 Å². The topological polar surface area (TPSA) is 0 Å². The Labute approximate surface area is 96.1 Å². The number of halogens is 1. The first-order valence-electron chi connectivity index (χ1n) is 0. The van der Waals surface area contributed by atoms with Gasteiger partial charge in [0.2, 0.25) is 0 Å². The maximum absolute atomic E-state index is 0. The van der Waals surface area contributed by atoms with Gasteiger partial charge < -0.3 is 0 Å². The third-order valence-electron chi connectivity index (χ3n) is 0. The molecular weight excluding hydrogens is 288 g/mol. The van der Waals surface area contributed by atoms with Gasteiger partial charge in [0.15, 0.2) is 0 Å². The van der Waals surface area contributed by atoms with Crippen LogP contribution in [0.5, 0.6) is 0 Å². The van der Waals surface area contributed by atoms with Crippen molar-refractivity contribution in [2.45, 2.75) is 0 Å². The second-order valence-electron chi connectivity index (χ2n) is 0. The molecule has 0 aliphatic rings. The summed E-state index contributed by atoms with van der Waals surface area (Å²) in [5, 5.41) is 0. The molecule has 0 fully saturated rings. The van der Waals surface area contributed by atoms with E-state index < -0.39 is 0 Å². The molecule has 0 aromatic heterocycles. The molecule has 0 spiro atoms. The molecular formula is HCaFeIZn. The Kier molecular flexibility index (Phi) is 113. The van der Waals surface area contributed by atoms with Crippen LogP contribution in [0.2, 0.25) is 0 Å². The minimum Gasteiger partial charge on any atom is -0.107 e. The molecule has 0 bridgehead atoms. The van der Waals surface area contributed by atoms with Crippen LogP contribution < -0.4 is 0 Å². The summed E-state index contributed by atoms with van der Waals surface area (Å²) in [6.07, 6.45) is 0. The van der Waals surface area contributed by atoms with Crippen LogP contribution in [0.25, 0.3) is 0 Å². The van der Waals surface area contributed by atoms with E-state index in [1.807, 2.05) is 0 Å². The number of hydrogen-bond acceptors (Lipinski definition) is 0. The summed E-state index contributed by atoms with van der Waals surface area (Å²) in [5.41, 5.74) is 0. The van der Waals surface area contributed by atoms with Gasteiger partial charge in [-0.05, 0) is 0 Å². The molecule has 0 saturated heterocycles. The van der Waals surface area contributed by atoms with E-state index in [1.165, 1.54) is 0 Å². The van der Waals surface area contributed by atoms with Gasteiger partial charge in [-0.3, -0.25) is 0 Å². The normalized spacial score (nSPS) is 0. The van der Waals surface area contributed by atoms with E-state index in [0.29, 0.717) is 0 Å². The second-order valence-corrected chi connectivity index (χ2v) is 0. The van der Waals surface area contributed by atoms with Crippen molar-refractivity contribution in [2.24, 2.45) is 0 Å². The summed E-state index contributed by atoms with van der Waals surface area (Å²) in [7, 11) is 0. The summed E-state index contributed by atoms with van der Waals surface area (Å²) in [6, 6.07) is 0. The third kappa shape index (κ3) is 8.93. The van der Waals surface area contributed by atoms with Crippen molar-refractivity contribution in [3.05, 3.63) is 0 Å². The average Bonchev–Trinajstić information content (AvgIpc) is 0. The third-order valence-corrected chi connectivity index (χ3v) is 0. The Morgan fingerprint density at radius 3 is 1.00 bits per heavy atom. The molecule has 0 aromatic rings. The predicted molar refractivity (Wildman–Crippen MR) is 21.2 cm³/mol. The Balaban J connectivity index is 0. The van der Waals surface area contributed by atoms with Crippen LogP contribution in [0.4, 0.5) is 0 Å². The summed E-state index contributed by atoms with van der Waals surface area (Å²) in [5.74, 6) is 0. The van der Waals surface area contributed by atoms with Crippen molar-refractivity contribution in [1.82, 2.24) is 0 Å². The SMILES string of the molecule is I.[Ca].[Fe].[Zn]. The summed E-state index contributed by atoms with van der Waals surface area (Å²) < 4.78 is 0. The van der Waals surface area contributed by atoms with Gasteiger partial charge in [0.05, 0.1) is 0 Å². The molecule has 0 amide bonds. The average molecular weight is 289 g/mol. The zero-order chi connectivity index (χ0) is 0. The van der Waals surface area contributed by atoms with Gasteiger partial charge >= 0.3 is 0 Å². The van der Waals surface area contributed by atoms with Crippen LogP contribution in [0.15, 0.2) is 0 Å². The number of rotatable bonds is 0. The van der Waals surface area contributed by atoms with Crippen LogP contribution in [0.3, 0.4) is 0 Å². The smallest absolute Gasteiger partial charge is 0 e. The first-order chi connectivity index (χ1) is 0. The largest absolute Gasteiger partial charge is 0.107 e. The fraction of sp³-hybridized carbons (Fsp3) is 0. The molecule has 0 saturated carbocycles. The summed E-state index contributed by atoms with van der Waals surface area (Å²) in [6.45, 7) is 0. The van der Waals surface area contributed by atoms with Gasteiger partial charge in [-0.15, -0.1) is 24.0 Å². The van der Waals surface area contributed by atoms with Gasteiger partial charge in [0.1, 0.15) is 0 Å². The van der Waals surface area contributed by atoms with Crippen LogP contribution in [-0.2, 0) is 36.5 Å². The van der Waals surface area contributed by atoms with E-state index >= 15 is 0 Å². The van der Waals surface area contributed by atoms with Crippen molar-refractivity contribution < 1.29 is 36.5 Å². The summed E-state index contributed by atoms with van der Waals surface area (Å²) in [4.78, 5) is 0. The molecule has 0 rings (SSSR count). The van der Waals surface area contributed by atoms with Gasteiger partial charge in [0.25, 0.3) is 0 Å². The van der Waals surface area contributed by atoms with Gasteiger partial charge in [-0.25, -0.2) is 0 Å². The van der Waals surface area contributed by atoms with Crippen LogP contribution >= 0.6 is 24.0 Å². The van der Waals surface area contributed by atoms with Gasteiger partial charge in [-0.2, -0.15) is 0 Å². The van der Waals surface area contributed by atoms with E-state index in [1.54, 1.807) is 0 Å². The molecule has 0 aliphatic carbocycles. The van der Waals surface area contributed by atoms with Gasteiger partial charge in [0, 0.05) is 74.3 Å². The van der Waals surface area contributed by atoms with Crippen molar-refractivity contribution in [3.63, 3.8) is 0 Å². The van der Waals surface area contributed by atoms with E-state index in [0.717, 1.165) is 0 Å². The first-order valence-corrected chi connectivity index (χ1v) is 0. The van der Waals surface area contributed by atoms with E-state index in [2.05, 4.69) is 0 Å². The molecule has 2 radical (unpaired) electrons. The van der Waals surface area contributed by atoms with Crippen LogP contribution in [0, 0.1) is 0 Å². The minimum absolute atomic E-state index is 0. The van der Waals surface area contributed by atoms with E-state index in [4.69, 9.17) is 0 Å². The van der Waals surface area contributed by atoms with Crippen molar-refractivity contribution in [3.8, 4) is 0 Å². The fourth-order valence-corrected chi connectivity index (χ4v) is 0. The molecule has 0 atom stereocenters. The second kappa shape index (κ2) is 16.5. The molecule has 0 aliphatic heterocycles. The van der Waals surface area contributed by atoms with E-state index in [-0.39, 0.29) is 98.3 Å². The maximum atomic E-state index is 0. The molecule has 4 heteroatoms. The van der Waals surface area contributed by atoms with Crippen molar-refractivity contribution in [2.75, 3.05) is 0 Å². The maximum Gasteiger partial charge on any atom is 0 e. The Bertz CT molecular complexity index is 8.00. The number of hydrogen-bond donors (Lipinski definition) is 0. The molecule has 0 N–H and O–H groups in total. The standard InChI is InChI=1S/Ca.Fe.HI.Zn/h;;1H;. The summed E-state index contributed by atoms with van der Waals surface area (Å²) >= 11 is 0. The molecule has 4 heavy (non-hydrogen) atoms. The zero-order valence-corrected chi connectivity index (χ0v) is 10.8. The van der Waals surface area contributed by atoms with Gasteiger partial charge in [-0.1, -0.05) is 0 Å². The Morgan fingerprint density at radius 1 is 1.00 bits per heavy atom. The Hall–Kier alpha value is 3.13. The molecule has 0 heterocycles. The Morgan fingerprint density at radius 2 is 1.00 bits per heavy atom. The molecule has 20 valence electrons. The zero-order valence-electron chi connectivity index (χ0n) is 2.18. The monoisotopic (exact) mass is 288 g/mol. The first kappa shape index (κ1) is 27.3. The molecule has 0 aromatic carbocycles.